The van der Waals surface area contributed by atoms with Gasteiger partial charge in [0.2, 0.25) is 5.91 Å². The third-order valence-corrected chi connectivity index (χ3v) is 10.4. The van der Waals surface area contributed by atoms with Crippen LogP contribution in [0.1, 0.15) is 232 Å². The molecule has 7 nitrogen and oxygen atoms in total. The van der Waals surface area contributed by atoms with E-state index in [9.17, 15) is 18.3 Å². The molecule has 0 bridgehead atoms. The fourth-order valence-corrected chi connectivity index (χ4v) is 7.00. The summed E-state index contributed by atoms with van der Waals surface area (Å²) in [7, 11) is -4.67. The fourth-order valence-electron chi connectivity index (χ4n) is 6.68. The van der Waals surface area contributed by atoms with Crippen molar-refractivity contribution in [2.45, 2.75) is 244 Å². The molecule has 1 amide bonds. The van der Waals surface area contributed by atoms with Gasteiger partial charge in [0, 0.05) is 6.42 Å². The zero-order valence-electron chi connectivity index (χ0n) is 33.0. The third kappa shape index (κ3) is 38.3. The predicted octanol–water partition coefficient (Wildman–Crippen LogP) is 12.5. The Morgan fingerprint density at radius 3 is 1.22 bits per heavy atom. The zero-order valence-corrected chi connectivity index (χ0v) is 33.8. The van der Waals surface area contributed by atoms with Crippen LogP contribution in [0, 0.1) is 0 Å². The molecule has 0 fully saturated rings. The molecule has 0 aromatic heterocycles. The van der Waals surface area contributed by atoms with Crippen LogP contribution < -0.4 is 5.32 Å². The van der Waals surface area contributed by atoms with Gasteiger partial charge in [-0.2, -0.15) is 8.42 Å². The maximum absolute atomic E-state index is 12.6. The molecule has 0 radical (unpaired) electrons. The monoisotopic (exact) mass is 730 g/mol. The highest BCUT2D eigenvalue weighted by atomic mass is 32.3. The second-order valence-corrected chi connectivity index (χ2v) is 16.0. The third-order valence-electron chi connectivity index (χ3n) is 9.97. The number of aliphatic hydroxyl groups is 1. The molecule has 2 atom stereocenters. The topological polar surface area (TPSA) is 113 Å². The molecule has 0 aromatic rings. The lowest BCUT2D eigenvalue weighted by Crippen LogP contribution is -2.46. The average molecular weight is 730 g/mol. The van der Waals surface area contributed by atoms with Crippen molar-refractivity contribution in [1.29, 1.82) is 0 Å². The highest BCUT2D eigenvalue weighted by Gasteiger charge is 2.22. The first-order chi connectivity index (χ1) is 24.3. The quantitative estimate of drug-likeness (QED) is 0.0329. The molecule has 0 saturated heterocycles. The summed E-state index contributed by atoms with van der Waals surface area (Å²) in [5.74, 6) is -0.246. The van der Waals surface area contributed by atoms with Crippen LogP contribution in [0.5, 0.6) is 0 Å². The first-order valence-electron chi connectivity index (χ1n) is 21.6. The molecule has 0 aliphatic carbocycles. The van der Waals surface area contributed by atoms with Crippen molar-refractivity contribution < 1.29 is 27.1 Å². The number of carbonyl (C=O) groups excluding carboxylic acids is 1. The van der Waals surface area contributed by atoms with Gasteiger partial charge in [-0.15, -0.1) is 0 Å². The number of unbranched alkanes of at least 4 members (excludes halogenated alkanes) is 31. The van der Waals surface area contributed by atoms with Gasteiger partial charge in [0.25, 0.3) is 0 Å². The van der Waals surface area contributed by atoms with Gasteiger partial charge in [-0.05, 0) is 19.3 Å². The number of allylic oxidation sites excluding steroid dienone is 1. The summed E-state index contributed by atoms with van der Waals surface area (Å²) in [4.78, 5) is 12.6. The lowest BCUT2D eigenvalue weighted by atomic mass is 10.0. The molecule has 0 rings (SSSR count). The first kappa shape index (κ1) is 49.0. The SMILES string of the molecule is CCCCCCCCCCCCC/C=C/[C@@H](O)[C@H](COS(=O)(=O)O)NC(=O)CCCCCCCCCCCCCCCCCCCCCCC. The molecule has 0 aromatic carbocycles. The van der Waals surface area contributed by atoms with E-state index in [1.807, 2.05) is 6.08 Å². The minimum absolute atomic E-state index is 0.246. The maximum atomic E-state index is 12.6. The molecule has 0 spiro atoms. The van der Waals surface area contributed by atoms with E-state index in [2.05, 4.69) is 23.3 Å². The molecule has 0 heterocycles. The number of hydrogen-bond donors (Lipinski definition) is 3. The molecule has 0 unspecified atom stereocenters. The number of amides is 1. The zero-order chi connectivity index (χ0) is 36.8. The van der Waals surface area contributed by atoms with Crippen LogP contribution in [0.15, 0.2) is 12.2 Å². The van der Waals surface area contributed by atoms with Gasteiger partial charge in [-0.25, -0.2) is 4.18 Å². The summed E-state index contributed by atoms with van der Waals surface area (Å²) in [6.07, 6.45) is 45.0. The summed E-state index contributed by atoms with van der Waals surface area (Å²) >= 11 is 0. The van der Waals surface area contributed by atoms with E-state index < -0.39 is 29.2 Å². The van der Waals surface area contributed by atoms with E-state index >= 15 is 0 Å². The summed E-state index contributed by atoms with van der Waals surface area (Å²) in [6.45, 7) is 4.00. The van der Waals surface area contributed by atoms with Crippen molar-refractivity contribution >= 4 is 16.3 Å². The van der Waals surface area contributed by atoms with Gasteiger partial charge in [0.1, 0.15) is 0 Å². The van der Waals surface area contributed by atoms with E-state index in [0.717, 1.165) is 38.5 Å². The van der Waals surface area contributed by atoms with Crippen LogP contribution >= 0.6 is 0 Å². The van der Waals surface area contributed by atoms with Crippen LogP contribution in [-0.4, -0.2) is 42.7 Å². The van der Waals surface area contributed by atoms with Crippen molar-refractivity contribution in [2.24, 2.45) is 0 Å². The van der Waals surface area contributed by atoms with Crippen LogP contribution in [0.4, 0.5) is 0 Å². The Morgan fingerprint density at radius 2 is 0.880 bits per heavy atom. The summed E-state index contributed by atoms with van der Waals surface area (Å²) < 4.78 is 35.8. The highest BCUT2D eigenvalue weighted by molar-refractivity contribution is 7.80. The van der Waals surface area contributed by atoms with Crippen LogP contribution in [0.3, 0.4) is 0 Å². The summed E-state index contributed by atoms with van der Waals surface area (Å²) in [5, 5.41) is 13.3. The van der Waals surface area contributed by atoms with Crippen LogP contribution in [0.2, 0.25) is 0 Å². The molecule has 50 heavy (non-hydrogen) atoms. The van der Waals surface area contributed by atoms with Crippen molar-refractivity contribution in [2.75, 3.05) is 6.61 Å². The number of rotatable bonds is 40. The summed E-state index contributed by atoms with van der Waals surface area (Å²) in [5.41, 5.74) is 0. The van der Waals surface area contributed by atoms with Crippen molar-refractivity contribution in [1.82, 2.24) is 5.32 Å². The predicted molar refractivity (Wildman–Crippen MR) is 213 cm³/mol. The number of nitrogens with one attached hydrogen (secondary N) is 1. The van der Waals surface area contributed by atoms with E-state index in [1.165, 1.54) is 173 Å². The number of hydrogen-bond acceptors (Lipinski definition) is 5. The molecule has 0 aliphatic rings. The Balaban J connectivity index is 3.87. The van der Waals surface area contributed by atoms with Crippen molar-refractivity contribution in [3.8, 4) is 0 Å². The minimum Gasteiger partial charge on any atom is -0.387 e. The maximum Gasteiger partial charge on any atom is 0.397 e. The van der Waals surface area contributed by atoms with Gasteiger partial charge in [0.15, 0.2) is 0 Å². The Labute approximate surface area is 310 Å². The Bertz CT molecular complexity index is 849. The Hall–Kier alpha value is -0.960. The van der Waals surface area contributed by atoms with Crippen LogP contribution in [0.25, 0.3) is 0 Å². The van der Waals surface area contributed by atoms with Gasteiger partial charge >= 0.3 is 10.4 Å². The molecular formula is C42H83NO6S. The molecule has 298 valence electrons. The normalized spacial score (nSPS) is 13.3. The molecule has 0 aliphatic heterocycles. The standard InChI is InChI=1S/C42H83NO6S/c1-3-5-7-9-11-13-15-17-18-19-20-21-22-23-24-26-28-30-32-34-36-38-42(45)43-40(39-49-50(46,47)48)41(44)37-35-33-31-29-27-25-16-14-12-10-8-6-4-2/h35,37,40-41,44H,3-34,36,38-39H2,1-2H3,(H,43,45)(H,46,47,48)/b37-35+/t40-,41+/m0/s1. The second kappa shape index (κ2) is 37.8. The Morgan fingerprint density at radius 1 is 0.560 bits per heavy atom. The Kier molecular flexibility index (Phi) is 37.1. The largest absolute Gasteiger partial charge is 0.397 e. The van der Waals surface area contributed by atoms with Gasteiger partial charge in [-0.3, -0.25) is 9.35 Å². The van der Waals surface area contributed by atoms with E-state index in [4.69, 9.17) is 4.55 Å². The lowest BCUT2D eigenvalue weighted by molar-refractivity contribution is -0.122. The van der Waals surface area contributed by atoms with Gasteiger partial charge in [0.05, 0.1) is 18.8 Å². The smallest absolute Gasteiger partial charge is 0.387 e. The average Bonchev–Trinajstić information content (AvgIpc) is 3.08. The number of aliphatic hydroxyl groups excluding tert-OH is 1. The molecule has 3 N–H and O–H groups in total. The van der Waals surface area contributed by atoms with Gasteiger partial charge in [-0.1, -0.05) is 219 Å². The minimum atomic E-state index is -4.67. The molecule has 8 heteroatoms. The number of carbonyl (C=O) groups is 1. The van der Waals surface area contributed by atoms with E-state index in [0.29, 0.717) is 6.42 Å². The van der Waals surface area contributed by atoms with E-state index in [1.54, 1.807) is 6.08 Å². The first-order valence-corrected chi connectivity index (χ1v) is 22.9. The highest BCUT2D eigenvalue weighted by Crippen LogP contribution is 2.16. The second-order valence-electron chi connectivity index (χ2n) is 15.0. The van der Waals surface area contributed by atoms with Crippen molar-refractivity contribution in [3.05, 3.63) is 12.2 Å². The van der Waals surface area contributed by atoms with Gasteiger partial charge < -0.3 is 10.4 Å². The van der Waals surface area contributed by atoms with Crippen LogP contribution in [-0.2, 0) is 19.4 Å². The van der Waals surface area contributed by atoms with E-state index in [-0.39, 0.29) is 5.91 Å². The molecule has 0 saturated carbocycles. The molecular weight excluding hydrogens is 647 g/mol. The lowest BCUT2D eigenvalue weighted by Gasteiger charge is -2.21. The van der Waals surface area contributed by atoms with Crippen molar-refractivity contribution in [3.63, 3.8) is 0 Å². The fraction of sp³-hybridized carbons (Fsp3) is 0.929. The summed E-state index contributed by atoms with van der Waals surface area (Å²) in [6, 6.07) is -0.951.